The summed E-state index contributed by atoms with van der Waals surface area (Å²) in [6, 6.07) is 0. The van der Waals surface area contributed by atoms with E-state index in [1.807, 2.05) is 0 Å². The molecule has 13 heavy (non-hydrogen) atoms. The van der Waals surface area contributed by atoms with Gasteiger partial charge in [-0.25, -0.2) is 0 Å². The molecule has 3 rings (SSSR count). The van der Waals surface area contributed by atoms with Crippen molar-refractivity contribution >= 4 is 6.29 Å². The van der Waals surface area contributed by atoms with Crippen LogP contribution in [0.5, 0.6) is 0 Å². The molecule has 0 unspecified atom stereocenters. The van der Waals surface area contributed by atoms with Crippen molar-refractivity contribution in [1.82, 2.24) is 0 Å². The third-order valence-corrected chi connectivity index (χ3v) is 3.11. The van der Waals surface area contributed by atoms with Crippen LogP contribution in [0, 0.1) is 11.8 Å². The van der Waals surface area contributed by atoms with Crippen LogP contribution in [0.25, 0.3) is 0 Å². The SMILES string of the molecule is O=CC1=CO[C@H]2OCC3=CC[C@H]1[C@@H]32. The van der Waals surface area contributed by atoms with Gasteiger partial charge in [-0.3, -0.25) is 4.79 Å². The normalized spacial score (nSPS) is 40.5. The van der Waals surface area contributed by atoms with Crippen LogP contribution < -0.4 is 0 Å². The van der Waals surface area contributed by atoms with Gasteiger partial charge in [0.2, 0.25) is 6.29 Å². The Morgan fingerprint density at radius 2 is 2.46 bits per heavy atom. The van der Waals surface area contributed by atoms with Crippen molar-refractivity contribution in [3.05, 3.63) is 23.5 Å². The molecule has 1 aliphatic carbocycles. The summed E-state index contributed by atoms with van der Waals surface area (Å²) in [5.74, 6) is 0.624. The zero-order chi connectivity index (χ0) is 8.84. The van der Waals surface area contributed by atoms with Crippen LogP contribution in [-0.2, 0) is 14.3 Å². The first kappa shape index (κ1) is 7.33. The van der Waals surface area contributed by atoms with Crippen molar-refractivity contribution in [2.45, 2.75) is 12.7 Å². The monoisotopic (exact) mass is 178 g/mol. The number of hydrogen-bond acceptors (Lipinski definition) is 3. The van der Waals surface area contributed by atoms with Crippen molar-refractivity contribution in [2.24, 2.45) is 11.8 Å². The number of rotatable bonds is 1. The van der Waals surface area contributed by atoms with Crippen molar-refractivity contribution in [1.29, 1.82) is 0 Å². The van der Waals surface area contributed by atoms with Crippen molar-refractivity contribution < 1.29 is 14.3 Å². The maximum atomic E-state index is 10.7. The summed E-state index contributed by atoms with van der Waals surface area (Å²) in [5.41, 5.74) is 2.08. The maximum absolute atomic E-state index is 10.7. The quantitative estimate of drug-likeness (QED) is 0.444. The smallest absolute Gasteiger partial charge is 0.206 e. The molecule has 0 radical (unpaired) electrons. The summed E-state index contributed by atoms with van der Waals surface area (Å²) in [4.78, 5) is 10.7. The minimum Gasteiger partial charge on any atom is -0.471 e. The Kier molecular flexibility index (Phi) is 1.38. The molecule has 1 fully saturated rings. The van der Waals surface area contributed by atoms with Crippen LogP contribution in [0.2, 0.25) is 0 Å². The van der Waals surface area contributed by atoms with Gasteiger partial charge in [-0.15, -0.1) is 0 Å². The molecule has 3 nitrogen and oxygen atoms in total. The van der Waals surface area contributed by atoms with Gasteiger partial charge >= 0.3 is 0 Å². The summed E-state index contributed by atoms with van der Waals surface area (Å²) in [7, 11) is 0. The molecule has 2 aliphatic heterocycles. The fourth-order valence-corrected chi connectivity index (χ4v) is 2.44. The first-order valence-electron chi connectivity index (χ1n) is 4.51. The van der Waals surface area contributed by atoms with Crippen LogP contribution in [0.15, 0.2) is 23.5 Å². The topological polar surface area (TPSA) is 35.5 Å². The molecule has 0 saturated carbocycles. The Morgan fingerprint density at radius 1 is 1.54 bits per heavy atom. The van der Waals surface area contributed by atoms with Crippen molar-refractivity contribution in [3.8, 4) is 0 Å². The average Bonchev–Trinajstić information content (AvgIpc) is 2.74. The number of aldehydes is 1. The van der Waals surface area contributed by atoms with Crippen LogP contribution >= 0.6 is 0 Å². The lowest BCUT2D eigenvalue weighted by atomic mass is 9.85. The predicted octanol–water partition coefficient (Wildman–Crippen LogP) is 1.02. The summed E-state index contributed by atoms with van der Waals surface area (Å²) >= 11 is 0. The Hall–Kier alpha value is -1.09. The average molecular weight is 178 g/mol. The predicted molar refractivity (Wildman–Crippen MR) is 44.7 cm³/mol. The van der Waals surface area contributed by atoms with Crippen LogP contribution in [0.3, 0.4) is 0 Å². The van der Waals surface area contributed by atoms with E-state index in [2.05, 4.69) is 6.08 Å². The highest BCUT2D eigenvalue weighted by Crippen LogP contribution is 2.46. The molecule has 0 aromatic carbocycles. The number of carbonyl (C=O) groups is 1. The molecule has 68 valence electrons. The summed E-state index contributed by atoms with van der Waals surface area (Å²) in [6.07, 6.45) is 5.47. The molecule has 1 saturated heterocycles. The molecule has 3 aliphatic rings. The van der Waals surface area contributed by atoms with Gasteiger partial charge < -0.3 is 9.47 Å². The molecule has 0 aromatic heterocycles. The molecule has 0 amide bonds. The van der Waals surface area contributed by atoms with Gasteiger partial charge in [0.1, 0.15) is 6.29 Å². The minimum absolute atomic E-state index is 0.137. The lowest BCUT2D eigenvalue weighted by molar-refractivity contribution is -0.116. The number of hydrogen-bond donors (Lipinski definition) is 0. The fourth-order valence-electron chi connectivity index (χ4n) is 2.44. The maximum Gasteiger partial charge on any atom is 0.206 e. The fraction of sp³-hybridized carbons (Fsp3) is 0.500. The van der Waals surface area contributed by atoms with E-state index < -0.39 is 0 Å². The second kappa shape index (κ2) is 2.45. The van der Waals surface area contributed by atoms with Gasteiger partial charge in [-0.1, -0.05) is 6.08 Å². The van der Waals surface area contributed by atoms with Gasteiger partial charge in [0.05, 0.1) is 18.8 Å². The second-order valence-electron chi connectivity index (χ2n) is 3.70. The summed E-state index contributed by atoms with van der Waals surface area (Å²) < 4.78 is 10.8. The number of carbonyl (C=O) groups excluding carboxylic acids is 1. The molecule has 0 spiro atoms. The highest BCUT2D eigenvalue weighted by molar-refractivity contribution is 5.74. The van der Waals surface area contributed by atoms with E-state index in [0.717, 1.165) is 18.3 Å². The molecule has 0 N–H and O–H groups in total. The van der Waals surface area contributed by atoms with E-state index in [4.69, 9.17) is 9.47 Å². The second-order valence-corrected chi connectivity index (χ2v) is 3.70. The van der Waals surface area contributed by atoms with Crippen LogP contribution in [-0.4, -0.2) is 19.2 Å². The molecular formula is C10H10O3. The van der Waals surface area contributed by atoms with E-state index in [-0.39, 0.29) is 6.29 Å². The standard InChI is InChI=1S/C10H10O3/c11-3-7-5-13-10-9-6(4-12-10)1-2-8(7)9/h1,3,5,8-10H,2,4H2/t8-,9-,10-/m1/s1. The van der Waals surface area contributed by atoms with Crippen LogP contribution in [0.4, 0.5) is 0 Å². The number of allylic oxidation sites excluding steroid dienone is 2. The molecule has 2 heterocycles. The molecule has 3 atom stereocenters. The van der Waals surface area contributed by atoms with E-state index in [0.29, 0.717) is 18.4 Å². The third kappa shape index (κ3) is 0.851. The van der Waals surface area contributed by atoms with Gasteiger partial charge in [0.25, 0.3) is 0 Å². The van der Waals surface area contributed by atoms with E-state index in [1.165, 1.54) is 5.57 Å². The zero-order valence-electron chi connectivity index (χ0n) is 7.10. The Balaban J connectivity index is 2.01. The summed E-state index contributed by atoms with van der Waals surface area (Å²) in [5, 5.41) is 0. The lowest BCUT2D eigenvalue weighted by Gasteiger charge is -2.27. The third-order valence-electron chi connectivity index (χ3n) is 3.11. The Bertz CT molecular complexity index is 316. The minimum atomic E-state index is -0.137. The first-order valence-corrected chi connectivity index (χ1v) is 4.51. The highest BCUT2D eigenvalue weighted by atomic mass is 16.7. The van der Waals surface area contributed by atoms with Gasteiger partial charge in [0, 0.05) is 11.5 Å². The molecular weight excluding hydrogens is 168 g/mol. The molecule has 0 aromatic rings. The number of ether oxygens (including phenoxy) is 2. The van der Waals surface area contributed by atoms with E-state index in [1.54, 1.807) is 6.26 Å². The molecule has 0 bridgehead atoms. The van der Waals surface area contributed by atoms with Gasteiger partial charge in [-0.2, -0.15) is 0 Å². The first-order chi connectivity index (χ1) is 6.40. The largest absolute Gasteiger partial charge is 0.471 e. The highest BCUT2D eigenvalue weighted by Gasteiger charge is 2.46. The van der Waals surface area contributed by atoms with E-state index in [9.17, 15) is 4.79 Å². The van der Waals surface area contributed by atoms with Crippen molar-refractivity contribution in [3.63, 3.8) is 0 Å². The van der Waals surface area contributed by atoms with Gasteiger partial charge in [0.15, 0.2) is 0 Å². The Morgan fingerprint density at radius 3 is 3.31 bits per heavy atom. The van der Waals surface area contributed by atoms with Crippen molar-refractivity contribution in [2.75, 3.05) is 6.61 Å². The summed E-state index contributed by atoms with van der Waals surface area (Å²) in [6.45, 7) is 0.672. The lowest BCUT2D eigenvalue weighted by Crippen LogP contribution is -2.29. The Labute approximate surface area is 76.0 Å². The molecule has 3 heteroatoms. The van der Waals surface area contributed by atoms with Gasteiger partial charge in [-0.05, 0) is 12.0 Å². The van der Waals surface area contributed by atoms with E-state index >= 15 is 0 Å². The zero-order valence-corrected chi connectivity index (χ0v) is 7.10. The van der Waals surface area contributed by atoms with Crippen LogP contribution in [0.1, 0.15) is 6.42 Å².